The predicted molar refractivity (Wildman–Crippen MR) is 70.1 cm³/mol. The highest BCUT2D eigenvalue weighted by molar-refractivity contribution is 5.64. The van der Waals surface area contributed by atoms with E-state index in [2.05, 4.69) is 10.4 Å². The van der Waals surface area contributed by atoms with Crippen LogP contribution >= 0.6 is 0 Å². The highest BCUT2D eigenvalue weighted by Gasteiger charge is 2.19. The molecule has 1 aromatic heterocycles. The van der Waals surface area contributed by atoms with E-state index in [0.29, 0.717) is 6.54 Å². The molecule has 0 spiro atoms. The lowest BCUT2D eigenvalue weighted by atomic mass is 10.2. The van der Waals surface area contributed by atoms with E-state index < -0.39 is 10.7 Å². The van der Waals surface area contributed by atoms with Gasteiger partial charge in [-0.3, -0.25) is 14.8 Å². The predicted octanol–water partition coefficient (Wildman–Crippen LogP) is 2.09. The number of anilines is 1. The Morgan fingerprint density at radius 3 is 2.85 bits per heavy atom. The van der Waals surface area contributed by atoms with Crippen LogP contribution in [-0.4, -0.2) is 21.8 Å². The van der Waals surface area contributed by atoms with Crippen molar-refractivity contribution < 1.29 is 14.1 Å². The minimum absolute atomic E-state index is 0.0527. The van der Waals surface area contributed by atoms with Gasteiger partial charge in [-0.25, -0.2) is 4.39 Å². The molecule has 0 fully saturated rings. The summed E-state index contributed by atoms with van der Waals surface area (Å²) >= 11 is 0. The minimum atomic E-state index is -0.773. The maximum atomic E-state index is 13.5. The number of rotatable bonds is 5. The van der Waals surface area contributed by atoms with Crippen molar-refractivity contribution >= 4 is 11.4 Å². The number of benzene rings is 1. The molecule has 0 aliphatic carbocycles. The van der Waals surface area contributed by atoms with Crippen molar-refractivity contribution in [1.82, 2.24) is 9.78 Å². The molecule has 0 atom stereocenters. The molecule has 106 valence electrons. The number of nitro groups is 1. The molecular formula is C12H13FN4O3. The van der Waals surface area contributed by atoms with Gasteiger partial charge in [0.15, 0.2) is 11.6 Å². The van der Waals surface area contributed by atoms with Gasteiger partial charge in [0.2, 0.25) is 0 Å². The molecule has 0 amide bonds. The number of hydrogen-bond acceptors (Lipinski definition) is 5. The minimum Gasteiger partial charge on any atom is -0.494 e. The van der Waals surface area contributed by atoms with Crippen LogP contribution in [0, 0.1) is 15.9 Å². The van der Waals surface area contributed by atoms with Crippen molar-refractivity contribution in [3.05, 3.63) is 46.0 Å². The molecule has 0 saturated heterocycles. The molecule has 2 aromatic rings. The fourth-order valence-electron chi connectivity index (χ4n) is 1.75. The summed E-state index contributed by atoms with van der Waals surface area (Å²) in [5.41, 5.74) is 0.683. The largest absolute Gasteiger partial charge is 0.494 e. The van der Waals surface area contributed by atoms with E-state index in [-0.39, 0.29) is 17.1 Å². The van der Waals surface area contributed by atoms with Crippen molar-refractivity contribution in [3.8, 4) is 5.75 Å². The first-order valence-corrected chi connectivity index (χ1v) is 5.75. The fraction of sp³-hybridized carbons (Fsp3) is 0.250. The van der Waals surface area contributed by atoms with Crippen LogP contribution in [0.2, 0.25) is 0 Å². The molecule has 8 heteroatoms. The van der Waals surface area contributed by atoms with Gasteiger partial charge in [0.25, 0.3) is 5.69 Å². The lowest BCUT2D eigenvalue weighted by molar-refractivity contribution is -0.384. The number of methoxy groups -OCH3 is 1. The molecule has 0 bridgehead atoms. The molecule has 0 aliphatic heterocycles. The van der Waals surface area contributed by atoms with Crippen LogP contribution in [0.3, 0.4) is 0 Å². The van der Waals surface area contributed by atoms with Gasteiger partial charge >= 0.3 is 0 Å². The zero-order chi connectivity index (χ0) is 14.7. The lowest BCUT2D eigenvalue weighted by Gasteiger charge is -2.09. The average molecular weight is 280 g/mol. The highest BCUT2D eigenvalue weighted by atomic mass is 19.1. The maximum absolute atomic E-state index is 13.5. The van der Waals surface area contributed by atoms with E-state index in [1.807, 2.05) is 0 Å². The summed E-state index contributed by atoms with van der Waals surface area (Å²) in [6.07, 6.45) is 1.62. The summed E-state index contributed by atoms with van der Waals surface area (Å²) in [5.74, 6) is -0.826. The van der Waals surface area contributed by atoms with Gasteiger partial charge < -0.3 is 10.1 Å². The van der Waals surface area contributed by atoms with Crippen molar-refractivity contribution in [2.24, 2.45) is 7.05 Å². The number of hydrogen-bond donors (Lipinski definition) is 1. The first kappa shape index (κ1) is 13.8. The van der Waals surface area contributed by atoms with E-state index in [1.54, 1.807) is 24.0 Å². The SMILES string of the molecule is COc1cc(NCc2ccnn2C)c([N+](=O)[O-])cc1F. The summed E-state index contributed by atoms with van der Waals surface area (Å²) in [5, 5.41) is 17.8. The van der Waals surface area contributed by atoms with Crippen LogP contribution < -0.4 is 10.1 Å². The van der Waals surface area contributed by atoms with E-state index >= 15 is 0 Å². The first-order chi connectivity index (χ1) is 9.52. The number of nitrogens with one attached hydrogen (secondary N) is 1. The Kier molecular flexibility index (Phi) is 3.83. The van der Waals surface area contributed by atoms with Gasteiger partial charge in [0, 0.05) is 19.3 Å². The Morgan fingerprint density at radius 1 is 1.55 bits per heavy atom. The Balaban J connectivity index is 2.29. The van der Waals surface area contributed by atoms with Crippen LogP contribution in [0.15, 0.2) is 24.4 Å². The summed E-state index contributed by atoms with van der Waals surface area (Å²) in [7, 11) is 3.06. The molecule has 0 saturated carbocycles. The third-order valence-electron chi connectivity index (χ3n) is 2.85. The molecule has 0 aliphatic rings. The van der Waals surface area contributed by atoms with Gasteiger partial charge in [-0.05, 0) is 6.07 Å². The quantitative estimate of drug-likeness (QED) is 0.669. The second-order valence-corrected chi connectivity index (χ2v) is 4.06. The van der Waals surface area contributed by atoms with Crippen LogP contribution in [-0.2, 0) is 13.6 Å². The zero-order valence-electron chi connectivity index (χ0n) is 11.0. The molecule has 0 unspecified atom stereocenters. The van der Waals surface area contributed by atoms with Gasteiger partial charge in [0.1, 0.15) is 5.69 Å². The average Bonchev–Trinajstić information content (AvgIpc) is 2.82. The number of aryl methyl sites for hydroxylation is 1. The molecule has 20 heavy (non-hydrogen) atoms. The monoisotopic (exact) mass is 280 g/mol. The molecule has 1 heterocycles. The molecule has 7 nitrogen and oxygen atoms in total. The summed E-state index contributed by atoms with van der Waals surface area (Å²) in [4.78, 5) is 10.3. The summed E-state index contributed by atoms with van der Waals surface area (Å²) in [6, 6.07) is 3.88. The second kappa shape index (κ2) is 5.55. The Labute approximate surface area is 114 Å². The van der Waals surface area contributed by atoms with Crippen molar-refractivity contribution in [1.29, 1.82) is 0 Å². The van der Waals surface area contributed by atoms with Crippen LogP contribution in [0.1, 0.15) is 5.69 Å². The van der Waals surface area contributed by atoms with Crippen LogP contribution in [0.25, 0.3) is 0 Å². The molecule has 1 aromatic carbocycles. The standard InChI is InChI=1S/C12H13FN4O3/c1-16-8(3-4-15-16)7-14-10-6-12(20-2)9(13)5-11(10)17(18)19/h3-6,14H,7H2,1-2H3. The Morgan fingerprint density at radius 2 is 2.30 bits per heavy atom. The Hall–Kier alpha value is -2.64. The number of ether oxygens (including phenoxy) is 1. The number of nitro benzene ring substituents is 1. The van der Waals surface area contributed by atoms with Gasteiger partial charge in [0.05, 0.1) is 30.3 Å². The maximum Gasteiger partial charge on any atom is 0.295 e. The third kappa shape index (κ3) is 2.68. The summed E-state index contributed by atoms with van der Waals surface area (Å²) in [6.45, 7) is 0.326. The molecule has 0 radical (unpaired) electrons. The van der Waals surface area contributed by atoms with Gasteiger partial charge in [-0.15, -0.1) is 0 Å². The second-order valence-electron chi connectivity index (χ2n) is 4.06. The number of halogens is 1. The number of nitrogens with zero attached hydrogens (tertiary/aromatic N) is 3. The topological polar surface area (TPSA) is 82.2 Å². The normalized spacial score (nSPS) is 10.3. The zero-order valence-corrected chi connectivity index (χ0v) is 11.0. The Bertz CT molecular complexity index is 642. The van der Waals surface area contributed by atoms with Gasteiger partial charge in [-0.2, -0.15) is 5.10 Å². The van der Waals surface area contributed by atoms with E-state index in [1.165, 1.54) is 13.2 Å². The summed E-state index contributed by atoms with van der Waals surface area (Å²) < 4.78 is 20.0. The van der Waals surface area contributed by atoms with Crippen molar-refractivity contribution in [2.45, 2.75) is 6.54 Å². The van der Waals surface area contributed by atoms with E-state index in [9.17, 15) is 14.5 Å². The van der Waals surface area contributed by atoms with Crippen molar-refractivity contribution in [2.75, 3.05) is 12.4 Å². The van der Waals surface area contributed by atoms with E-state index in [0.717, 1.165) is 11.8 Å². The lowest BCUT2D eigenvalue weighted by Crippen LogP contribution is -2.07. The smallest absolute Gasteiger partial charge is 0.295 e. The molecular weight excluding hydrogens is 267 g/mol. The van der Waals surface area contributed by atoms with E-state index in [4.69, 9.17) is 4.74 Å². The molecule has 1 N–H and O–H groups in total. The first-order valence-electron chi connectivity index (χ1n) is 5.75. The fourth-order valence-corrected chi connectivity index (χ4v) is 1.75. The van der Waals surface area contributed by atoms with Gasteiger partial charge in [-0.1, -0.05) is 0 Å². The highest BCUT2D eigenvalue weighted by Crippen LogP contribution is 2.31. The van der Waals surface area contributed by atoms with Crippen molar-refractivity contribution in [3.63, 3.8) is 0 Å². The van der Waals surface area contributed by atoms with Crippen LogP contribution in [0.5, 0.6) is 5.75 Å². The number of aromatic nitrogens is 2. The van der Waals surface area contributed by atoms with Crippen LogP contribution in [0.4, 0.5) is 15.8 Å². The third-order valence-corrected chi connectivity index (χ3v) is 2.85. The molecule has 2 rings (SSSR count).